The van der Waals surface area contributed by atoms with E-state index in [-0.39, 0.29) is 13.2 Å². The molecule has 0 saturated heterocycles. The Morgan fingerprint density at radius 3 is 2.89 bits per heavy atom. The number of carbonyl (C=O) groups excluding carboxylic acids is 1. The summed E-state index contributed by atoms with van der Waals surface area (Å²) in [7, 11) is 0. The topological polar surface area (TPSA) is 70.1 Å². The zero-order valence-electron chi connectivity index (χ0n) is 9.54. The first kappa shape index (κ1) is 12.1. The lowest BCUT2D eigenvalue weighted by Crippen LogP contribution is -2.14. The Labute approximate surface area is 103 Å². The molecule has 0 aliphatic heterocycles. The average molecular weight is 249 g/mol. The summed E-state index contributed by atoms with van der Waals surface area (Å²) in [6, 6.07) is 6.14. The number of rotatable bonds is 4. The van der Waals surface area contributed by atoms with Crippen LogP contribution in [0.4, 0.5) is 10.1 Å². The molecule has 2 rings (SSSR count). The molecule has 0 fully saturated rings. The number of halogens is 1. The summed E-state index contributed by atoms with van der Waals surface area (Å²) in [4.78, 5) is 11.5. The maximum absolute atomic E-state index is 13.2. The van der Waals surface area contributed by atoms with Crippen LogP contribution in [-0.2, 0) is 22.7 Å². The summed E-state index contributed by atoms with van der Waals surface area (Å²) >= 11 is 0. The standard InChI is InChI=1S/C12H12FN3O2/c13-11-4-2-1-3-9(11)8-18-12(17)7-16-6-10(14)5-15-16/h1-6H,7-8,14H2. The van der Waals surface area contributed by atoms with Gasteiger partial charge in [-0.25, -0.2) is 4.39 Å². The van der Waals surface area contributed by atoms with E-state index in [1.54, 1.807) is 18.2 Å². The molecule has 5 nitrogen and oxygen atoms in total. The first-order chi connectivity index (χ1) is 8.65. The maximum atomic E-state index is 13.2. The Morgan fingerprint density at radius 1 is 1.44 bits per heavy atom. The number of hydrogen-bond donors (Lipinski definition) is 1. The van der Waals surface area contributed by atoms with E-state index < -0.39 is 11.8 Å². The molecule has 0 amide bonds. The molecular formula is C12H12FN3O2. The van der Waals surface area contributed by atoms with Crippen LogP contribution in [0.5, 0.6) is 0 Å². The Morgan fingerprint density at radius 2 is 2.22 bits per heavy atom. The quantitative estimate of drug-likeness (QED) is 0.830. The normalized spacial score (nSPS) is 10.3. The van der Waals surface area contributed by atoms with Gasteiger partial charge in [0.1, 0.15) is 19.0 Å². The summed E-state index contributed by atoms with van der Waals surface area (Å²) in [5, 5.41) is 3.85. The summed E-state index contributed by atoms with van der Waals surface area (Å²) in [6.45, 7) is -0.145. The number of nitrogens with two attached hydrogens (primary N) is 1. The third-order valence-electron chi connectivity index (χ3n) is 2.29. The van der Waals surface area contributed by atoms with E-state index >= 15 is 0 Å². The molecule has 6 heteroatoms. The largest absolute Gasteiger partial charge is 0.459 e. The molecule has 2 N–H and O–H groups in total. The monoisotopic (exact) mass is 249 g/mol. The maximum Gasteiger partial charge on any atom is 0.328 e. The number of nitrogens with zero attached hydrogens (tertiary/aromatic N) is 2. The Bertz CT molecular complexity index is 554. The van der Waals surface area contributed by atoms with Crippen molar-refractivity contribution in [2.45, 2.75) is 13.2 Å². The lowest BCUT2D eigenvalue weighted by Gasteiger charge is -2.05. The molecule has 0 radical (unpaired) electrons. The number of nitrogen functional groups attached to an aromatic ring is 1. The highest BCUT2D eigenvalue weighted by molar-refractivity contribution is 5.69. The summed E-state index contributed by atoms with van der Waals surface area (Å²) in [6.07, 6.45) is 2.95. The average Bonchev–Trinajstić information content (AvgIpc) is 2.74. The third kappa shape index (κ3) is 3.07. The second-order valence-corrected chi connectivity index (χ2v) is 3.72. The van der Waals surface area contributed by atoms with Gasteiger partial charge in [-0.3, -0.25) is 9.48 Å². The number of aromatic nitrogens is 2. The van der Waals surface area contributed by atoms with Crippen LogP contribution >= 0.6 is 0 Å². The van der Waals surface area contributed by atoms with Crippen LogP contribution in [0.15, 0.2) is 36.7 Å². The molecule has 0 spiro atoms. The van der Waals surface area contributed by atoms with Crippen LogP contribution in [0.3, 0.4) is 0 Å². The van der Waals surface area contributed by atoms with Crippen LogP contribution < -0.4 is 5.73 Å². The molecule has 2 aromatic rings. The minimum atomic E-state index is -0.499. The highest BCUT2D eigenvalue weighted by Crippen LogP contribution is 2.08. The van der Waals surface area contributed by atoms with Gasteiger partial charge in [0.05, 0.1) is 11.9 Å². The van der Waals surface area contributed by atoms with Crippen LogP contribution in [0.1, 0.15) is 5.56 Å². The number of carbonyl (C=O) groups is 1. The van der Waals surface area contributed by atoms with Crippen molar-refractivity contribution in [2.24, 2.45) is 0 Å². The van der Waals surface area contributed by atoms with Gasteiger partial charge >= 0.3 is 5.97 Å². The zero-order valence-corrected chi connectivity index (χ0v) is 9.54. The van der Waals surface area contributed by atoms with Crippen molar-refractivity contribution in [3.63, 3.8) is 0 Å². The molecule has 1 heterocycles. The molecule has 0 aliphatic rings. The summed E-state index contributed by atoms with van der Waals surface area (Å²) in [5.41, 5.74) is 6.26. The SMILES string of the molecule is Nc1cnn(CC(=O)OCc2ccccc2F)c1. The van der Waals surface area contributed by atoms with Gasteiger partial charge in [-0.15, -0.1) is 0 Å². The van der Waals surface area contributed by atoms with E-state index in [1.165, 1.54) is 23.1 Å². The second kappa shape index (κ2) is 5.31. The highest BCUT2D eigenvalue weighted by atomic mass is 19.1. The van der Waals surface area contributed by atoms with E-state index in [0.29, 0.717) is 11.3 Å². The fraction of sp³-hybridized carbons (Fsp3) is 0.167. The second-order valence-electron chi connectivity index (χ2n) is 3.72. The Kier molecular flexibility index (Phi) is 3.57. The van der Waals surface area contributed by atoms with Crippen molar-refractivity contribution in [1.82, 2.24) is 9.78 Å². The first-order valence-electron chi connectivity index (χ1n) is 5.32. The van der Waals surface area contributed by atoms with Crippen molar-refractivity contribution in [3.05, 3.63) is 48.0 Å². The van der Waals surface area contributed by atoms with Gasteiger partial charge in [-0.1, -0.05) is 18.2 Å². The van der Waals surface area contributed by atoms with Gasteiger partial charge in [0.15, 0.2) is 0 Å². The zero-order chi connectivity index (χ0) is 13.0. The Hall–Kier alpha value is -2.37. The van der Waals surface area contributed by atoms with Crippen molar-refractivity contribution in [1.29, 1.82) is 0 Å². The number of hydrogen-bond acceptors (Lipinski definition) is 4. The van der Waals surface area contributed by atoms with Gasteiger partial charge in [-0.05, 0) is 6.07 Å². The smallest absolute Gasteiger partial charge is 0.328 e. The van der Waals surface area contributed by atoms with E-state index in [1.807, 2.05) is 0 Å². The lowest BCUT2D eigenvalue weighted by molar-refractivity contribution is -0.145. The van der Waals surface area contributed by atoms with Gasteiger partial charge in [0, 0.05) is 11.8 Å². The molecule has 0 aliphatic carbocycles. The van der Waals surface area contributed by atoms with Gasteiger partial charge < -0.3 is 10.5 Å². The predicted molar refractivity (Wildman–Crippen MR) is 62.8 cm³/mol. The summed E-state index contributed by atoms with van der Waals surface area (Å²) in [5.74, 6) is -0.894. The van der Waals surface area contributed by atoms with Crippen molar-refractivity contribution >= 4 is 11.7 Å². The van der Waals surface area contributed by atoms with Crippen LogP contribution in [0, 0.1) is 5.82 Å². The number of anilines is 1. The minimum absolute atomic E-state index is 0.0499. The van der Waals surface area contributed by atoms with Crippen LogP contribution in [0.25, 0.3) is 0 Å². The molecule has 0 bridgehead atoms. The number of benzene rings is 1. The predicted octanol–water partition coefficient (Wildman–Crippen LogP) is 1.35. The fourth-order valence-electron chi connectivity index (χ4n) is 1.42. The number of esters is 1. The first-order valence-corrected chi connectivity index (χ1v) is 5.32. The van der Waals surface area contributed by atoms with Gasteiger partial charge in [0.2, 0.25) is 0 Å². The molecule has 18 heavy (non-hydrogen) atoms. The molecule has 0 unspecified atom stereocenters. The Balaban J connectivity index is 1.87. The highest BCUT2D eigenvalue weighted by Gasteiger charge is 2.07. The summed E-state index contributed by atoms with van der Waals surface area (Å²) < 4.78 is 19.5. The van der Waals surface area contributed by atoms with Crippen molar-refractivity contribution in [2.75, 3.05) is 5.73 Å². The molecule has 0 atom stereocenters. The molecular weight excluding hydrogens is 237 g/mol. The van der Waals surface area contributed by atoms with Crippen LogP contribution in [-0.4, -0.2) is 15.7 Å². The van der Waals surface area contributed by atoms with Crippen molar-refractivity contribution in [3.8, 4) is 0 Å². The lowest BCUT2D eigenvalue weighted by atomic mass is 10.2. The van der Waals surface area contributed by atoms with Crippen molar-refractivity contribution < 1.29 is 13.9 Å². The molecule has 1 aromatic heterocycles. The fourth-order valence-corrected chi connectivity index (χ4v) is 1.42. The van der Waals surface area contributed by atoms with E-state index in [0.717, 1.165) is 0 Å². The number of ether oxygens (including phenoxy) is 1. The van der Waals surface area contributed by atoms with E-state index in [4.69, 9.17) is 10.5 Å². The van der Waals surface area contributed by atoms with E-state index in [9.17, 15) is 9.18 Å². The van der Waals surface area contributed by atoms with Crippen LogP contribution in [0.2, 0.25) is 0 Å². The molecule has 94 valence electrons. The van der Waals surface area contributed by atoms with E-state index in [2.05, 4.69) is 5.10 Å². The molecule has 0 saturated carbocycles. The van der Waals surface area contributed by atoms with Gasteiger partial charge in [0.25, 0.3) is 0 Å². The third-order valence-corrected chi connectivity index (χ3v) is 2.29. The minimum Gasteiger partial charge on any atom is -0.459 e. The van der Waals surface area contributed by atoms with Gasteiger partial charge in [-0.2, -0.15) is 5.10 Å². The molecule has 1 aromatic carbocycles.